The molecule has 122 valence electrons. The van der Waals surface area contributed by atoms with Crippen molar-refractivity contribution in [2.45, 2.75) is 20.0 Å². The van der Waals surface area contributed by atoms with Gasteiger partial charge in [-0.15, -0.1) is 0 Å². The van der Waals surface area contributed by atoms with Gasteiger partial charge >= 0.3 is 5.97 Å². The molecule has 6 nitrogen and oxygen atoms in total. The van der Waals surface area contributed by atoms with Gasteiger partial charge in [-0.2, -0.15) is 0 Å². The van der Waals surface area contributed by atoms with Crippen molar-refractivity contribution >= 4 is 17.6 Å². The molecule has 0 saturated carbocycles. The van der Waals surface area contributed by atoms with Crippen molar-refractivity contribution in [2.75, 3.05) is 12.4 Å². The molecular formula is C17H19NO5. The van der Waals surface area contributed by atoms with Gasteiger partial charge in [-0.25, -0.2) is 0 Å². The van der Waals surface area contributed by atoms with Crippen LogP contribution in [-0.4, -0.2) is 24.1 Å². The molecule has 0 aliphatic carbocycles. The Hall–Kier alpha value is -2.60. The third-order valence-electron chi connectivity index (χ3n) is 3.35. The van der Waals surface area contributed by atoms with Crippen LogP contribution >= 0.6 is 0 Å². The van der Waals surface area contributed by atoms with Gasteiger partial charge in [0.25, 0.3) is 5.91 Å². The molecule has 0 fully saturated rings. The summed E-state index contributed by atoms with van der Waals surface area (Å²) < 4.78 is 10.3. The van der Waals surface area contributed by atoms with E-state index in [1.54, 1.807) is 50.4 Å². The second-order valence-electron chi connectivity index (χ2n) is 5.29. The third kappa shape index (κ3) is 4.69. The summed E-state index contributed by atoms with van der Waals surface area (Å²) in [6.45, 7) is 1.97. The Labute approximate surface area is 134 Å². The molecule has 0 spiro atoms. The summed E-state index contributed by atoms with van der Waals surface area (Å²) in [7, 11) is 1.55. The summed E-state index contributed by atoms with van der Waals surface area (Å²) in [5.41, 5.74) is 1.52. The van der Waals surface area contributed by atoms with E-state index in [0.717, 1.165) is 5.56 Å². The molecule has 23 heavy (non-hydrogen) atoms. The van der Waals surface area contributed by atoms with Gasteiger partial charge in [0.1, 0.15) is 12.4 Å². The van der Waals surface area contributed by atoms with Crippen LogP contribution < -0.4 is 5.32 Å². The van der Waals surface area contributed by atoms with E-state index in [-0.39, 0.29) is 11.7 Å². The SMILES string of the molecule is COCc1ccc(C(=O)Nc2ccc(CC(C)C(=O)O)cc2)o1. The minimum absolute atomic E-state index is 0.209. The monoisotopic (exact) mass is 317 g/mol. The maximum absolute atomic E-state index is 12.1. The van der Waals surface area contributed by atoms with Crippen LogP contribution in [0.3, 0.4) is 0 Å². The van der Waals surface area contributed by atoms with E-state index in [4.69, 9.17) is 14.3 Å². The Balaban J connectivity index is 1.97. The van der Waals surface area contributed by atoms with E-state index in [9.17, 15) is 9.59 Å². The Kier molecular flexibility index (Phi) is 5.54. The molecule has 2 rings (SSSR count). The zero-order valence-corrected chi connectivity index (χ0v) is 13.0. The Morgan fingerprint density at radius 2 is 1.91 bits per heavy atom. The number of hydrogen-bond donors (Lipinski definition) is 2. The number of anilines is 1. The standard InChI is InChI=1S/C17H19NO5/c1-11(17(20)21)9-12-3-5-13(6-4-12)18-16(19)15-8-7-14(23-15)10-22-2/h3-8,11H,9-10H2,1-2H3,(H,18,19)(H,20,21). The molecule has 0 aliphatic rings. The summed E-state index contributed by atoms with van der Waals surface area (Å²) in [6.07, 6.45) is 0.447. The predicted molar refractivity (Wildman–Crippen MR) is 84.3 cm³/mol. The molecule has 0 bridgehead atoms. The van der Waals surface area contributed by atoms with Gasteiger partial charge in [0, 0.05) is 12.8 Å². The smallest absolute Gasteiger partial charge is 0.306 e. The summed E-state index contributed by atoms with van der Waals surface area (Å²) >= 11 is 0. The number of aliphatic carboxylic acids is 1. The number of rotatable bonds is 7. The van der Waals surface area contributed by atoms with E-state index in [2.05, 4.69) is 5.32 Å². The predicted octanol–water partition coefficient (Wildman–Crippen LogP) is 2.94. The average Bonchev–Trinajstić information content (AvgIpc) is 2.98. The molecular weight excluding hydrogens is 298 g/mol. The van der Waals surface area contributed by atoms with E-state index in [1.807, 2.05) is 0 Å². The van der Waals surface area contributed by atoms with Crippen LogP contribution in [0.25, 0.3) is 0 Å². The summed E-state index contributed by atoms with van der Waals surface area (Å²) in [5.74, 6) is -0.833. The van der Waals surface area contributed by atoms with Crippen LogP contribution in [-0.2, 0) is 22.6 Å². The van der Waals surface area contributed by atoms with Crippen molar-refractivity contribution in [1.82, 2.24) is 0 Å². The van der Waals surface area contributed by atoms with E-state index in [1.165, 1.54) is 0 Å². The lowest BCUT2D eigenvalue weighted by Gasteiger charge is -2.08. The second-order valence-corrected chi connectivity index (χ2v) is 5.29. The zero-order chi connectivity index (χ0) is 16.8. The van der Waals surface area contributed by atoms with Crippen molar-refractivity contribution in [2.24, 2.45) is 5.92 Å². The highest BCUT2D eigenvalue weighted by atomic mass is 16.5. The van der Waals surface area contributed by atoms with Gasteiger partial charge in [0.05, 0.1) is 5.92 Å². The first-order chi connectivity index (χ1) is 11.0. The topological polar surface area (TPSA) is 88.8 Å². The largest absolute Gasteiger partial charge is 0.481 e. The summed E-state index contributed by atoms with van der Waals surface area (Å²) in [5, 5.41) is 11.6. The van der Waals surface area contributed by atoms with Gasteiger partial charge in [-0.05, 0) is 36.2 Å². The highest BCUT2D eigenvalue weighted by Crippen LogP contribution is 2.16. The molecule has 1 aromatic heterocycles. The van der Waals surface area contributed by atoms with Gasteiger partial charge in [-0.3, -0.25) is 9.59 Å². The number of amides is 1. The molecule has 2 N–H and O–H groups in total. The van der Waals surface area contributed by atoms with Gasteiger partial charge < -0.3 is 19.6 Å². The summed E-state index contributed by atoms with van der Waals surface area (Å²) in [6, 6.07) is 10.4. The lowest BCUT2D eigenvalue weighted by molar-refractivity contribution is -0.141. The number of furan rings is 1. The van der Waals surface area contributed by atoms with E-state index < -0.39 is 11.9 Å². The molecule has 1 amide bonds. The first-order valence-electron chi connectivity index (χ1n) is 7.20. The number of nitrogens with one attached hydrogen (secondary N) is 1. The van der Waals surface area contributed by atoms with Crippen LogP contribution in [0.4, 0.5) is 5.69 Å². The van der Waals surface area contributed by atoms with Crippen LogP contribution in [0.1, 0.15) is 28.8 Å². The van der Waals surface area contributed by atoms with Crippen LogP contribution in [0, 0.1) is 5.92 Å². The number of benzene rings is 1. The van der Waals surface area contributed by atoms with Crippen molar-refractivity contribution in [3.05, 3.63) is 53.5 Å². The fraction of sp³-hybridized carbons (Fsp3) is 0.294. The number of carbonyl (C=O) groups excluding carboxylic acids is 1. The normalized spacial score (nSPS) is 11.9. The van der Waals surface area contributed by atoms with Crippen molar-refractivity contribution in [1.29, 1.82) is 0 Å². The lowest BCUT2D eigenvalue weighted by Crippen LogP contribution is -2.13. The minimum atomic E-state index is -0.827. The Bertz CT molecular complexity index is 675. The van der Waals surface area contributed by atoms with Crippen LogP contribution in [0.2, 0.25) is 0 Å². The molecule has 6 heteroatoms. The van der Waals surface area contributed by atoms with Gasteiger partial charge in [-0.1, -0.05) is 19.1 Å². The van der Waals surface area contributed by atoms with Gasteiger partial charge in [0.2, 0.25) is 0 Å². The first kappa shape index (κ1) is 16.8. The molecule has 1 unspecified atom stereocenters. The molecule has 1 atom stereocenters. The quantitative estimate of drug-likeness (QED) is 0.819. The maximum Gasteiger partial charge on any atom is 0.306 e. The number of carboxylic acid groups (broad SMARTS) is 1. The third-order valence-corrected chi connectivity index (χ3v) is 3.35. The highest BCUT2D eigenvalue weighted by Gasteiger charge is 2.13. The van der Waals surface area contributed by atoms with Crippen LogP contribution in [0.5, 0.6) is 0 Å². The molecule has 0 aliphatic heterocycles. The Morgan fingerprint density at radius 3 is 2.52 bits per heavy atom. The molecule has 1 aromatic carbocycles. The molecule has 0 radical (unpaired) electrons. The number of hydrogen-bond acceptors (Lipinski definition) is 4. The number of ether oxygens (including phenoxy) is 1. The second kappa shape index (κ2) is 7.60. The van der Waals surface area contributed by atoms with Crippen molar-refractivity contribution in [3.8, 4) is 0 Å². The van der Waals surface area contributed by atoms with Gasteiger partial charge in [0.15, 0.2) is 5.76 Å². The van der Waals surface area contributed by atoms with Crippen LogP contribution in [0.15, 0.2) is 40.8 Å². The maximum atomic E-state index is 12.1. The van der Waals surface area contributed by atoms with Crippen molar-refractivity contribution in [3.63, 3.8) is 0 Å². The average molecular weight is 317 g/mol. The molecule has 1 heterocycles. The molecule has 0 saturated heterocycles. The number of methoxy groups -OCH3 is 1. The fourth-order valence-corrected chi connectivity index (χ4v) is 2.08. The van der Waals surface area contributed by atoms with E-state index in [0.29, 0.717) is 24.5 Å². The number of carbonyl (C=O) groups is 2. The van der Waals surface area contributed by atoms with E-state index >= 15 is 0 Å². The first-order valence-corrected chi connectivity index (χ1v) is 7.20. The Morgan fingerprint density at radius 1 is 1.22 bits per heavy atom. The molecule has 2 aromatic rings. The summed E-state index contributed by atoms with van der Waals surface area (Å²) in [4.78, 5) is 22.9. The van der Waals surface area contributed by atoms with Crippen molar-refractivity contribution < 1.29 is 23.8 Å². The number of carboxylic acids is 1. The highest BCUT2D eigenvalue weighted by molar-refractivity contribution is 6.02. The lowest BCUT2D eigenvalue weighted by atomic mass is 10.0. The minimum Gasteiger partial charge on any atom is -0.481 e. The zero-order valence-electron chi connectivity index (χ0n) is 13.0. The fourth-order valence-electron chi connectivity index (χ4n) is 2.08.